The average Bonchev–Trinajstić information content (AvgIpc) is 3.63. The minimum atomic E-state index is -4.91. The maximum Gasteiger partial charge on any atom is 0.573 e. The highest BCUT2D eigenvalue weighted by atomic mass is 32.2. The zero-order chi connectivity index (χ0) is 32.4. The van der Waals surface area contributed by atoms with Gasteiger partial charge in [-0.05, 0) is 66.1 Å². The predicted octanol–water partition coefficient (Wildman–Crippen LogP) is 5.26. The number of nitrogens with zero attached hydrogens (tertiary/aromatic N) is 2. The fourth-order valence-electron chi connectivity index (χ4n) is 5.94. The van der Waals surface area contributed by atoms with Crippen LogP contribution in [0.1, 0.15) is 36.4 Å². The van der Waals surface area contributed by atoms with Crippen molar-refractivity contribution in [2.75, 3.05) is 40.1 Å². The van der Waals surface area contributed by atoms with Crippen LogP contribution < -0.4 is 18.9 Å². The molecule has 0 saturated carbocycles. The SMILES string of the molecule is CCCN(CCN1CC(c2ccc3c(c2)OCO3)C(C(=O)O)C1c1ccc(OC)cc1)S(=O)(=O)c1ccc(OC(F)(F)F)cc1. The molecular formula is C31H33F3N2O8S. The molecule has 0 aromatic heterocycles. The second-order valence-electron chi connectivity index (χ2n) is 10.7. The fraction of sp³-hybridized carbons (Fsp3) is 0.387. The highest BCUT2D eigenvalue weighted by molar-refractivity contribution is 7.89. The van der Waals surface area contributed by atoms with Crippen LogP contribution >= 0.6 is 0 Å². The minimum absolute atomic E-state index is 0.0177. The van der Waals surface area contributed by atoms with Gasteiger partial charge in [0.25, 0.3) is 0 Å². The highest BCUT2D eigenvalue weighted by Crippen LogP contribution is 2.48. The lowest BCUT2D eigenvalue weighted by molar-refractivity contribution is -0.274. The maximum atomic E-state index is 13.6. The summed E-state index contributed by atoms with van der Waals surface area (Å²) in [4.78, 5) is 14.7. The number of carbonyl (C=O) groups is 1. The van der Waals surface area contributed by atoms with E-state index in [4.69, 9.17) is 14.2 Å². The quantitative estimate of drug-likeness (QED) is 0.280. The number of aliphatic carboxylic acids is 1. The number of benzene rings is 3. The van der Waals surface area contributed by atoms with Crippen LogP contribution in [-0.2, 0) is 14.8 Å². The molecule has 242 valence electrons. The van der Waals surface area contributed by atoms with Gasteiger partial charge in [0.15, 0.2) is 11.5 Å². The van der Waals surface area contributed by atoms with E-state index in [0.29, 0.717) is 30.2 Å². The van der Waals surface area contributed by atoms with E-state index in [9.17, 15) is 31.5 Å². The van der Waals surface area contributed by atoms with E-state index in [0.717, 1.165) is 35.4 Å². The van der Waals surface area contributed by atoms with Gasteiger partial charge in [-0.1, -0.05) is 25.1 Å². The van der Waals surface area contributed by atoms with E-state index >= 15 is 0 Å². The number of hydrogen-bond acceptors (Lipinski definition) is 8. The second-order valence-corrected chi connectivity index (χ2v) is 12.7. The van der Waals surface area contributed by atoms with Crippen LogP contribution in [0.2, 0.25) is 0 Å². The van der Waals surface area contributed by atoms with Gasteiger partial charge in [0.2, 0.25) is 16.8 Å². The Morgan fingerprint density at radius 3 is 2.24 bits per heavy atom. The van der Waals surface area contributed by atoms with Crippen LogP contribution in [0, 0.1) is 5.92 Å². The Balaban J connectivity index is 1.44. The fourth-order valence-corrected chi connectivity index (χ4v) is 7.47. The smallest absolute Gasteiger partial charge is 0.497 e. The molecule has 0 aliphatic carbocycles. The average molecular weight is 651 g/mol. The summed E-state index contributed by atoms with van der Waals surface area (Å²) >= 11 is 0. The Morgan fingerprint density at radius 1 is 0.978 bits per heavy atom. The van der Waals surface area contributed by atoms with Gasteiger partial charge in [0, 0.05) is 38.1 Å². The van der Waals surface area contributed by atoms with E-state index in [1.807, 2.05) is 17.9 Å². The Morgan fingerprint density at radius 2 is 1.62 bits per heavy atom. The number of ether oxygens (including phenoxy) is 4. The van der Waals surface area contributed by atoms with Crippen LogP contribution in [-0.4, -0.2) is 75.1 Å². The molecule has 10 nitrogen and oxygen atoms in total. The highest BCUT2D eigenvalue weighted by Gasteiger charge is 2.47. The van der Waals surface area contributed by atoms with Gasteiger partial charge in [-0.15, -0.1) is 13.2 Å². The van der Waals surface area contributed by atoms with Crippen LogP contribution in [0.25, 0.3) is 0 Å². The summed E-state index contributed by atoms with van der Waals surface area (Å²) in [6.45, 7) is 2.57. The lowest BCUT2D eigenvalue weighted by Gasteiger charge is -2.30. The summed E-state index contributed by atoms with van der Waals surface area (Å²) in [5.74, 6) is -1.15. The molecule has 2 aliphatic rings. The molecule has 2 aliphatic heterocycles. The molecule has 1 fully saturated rings. The number of sulfonamides is 1. The third kappa shape index (κ3) is 7.13. The first kappa shape index (κ1) is 32.4. The first-order chi connectivity index (χ1) is 21.4. The molecule has 3 atom stereocenters. The lowest BCUT2D eigenvalue weighted by Crippen LogP contribution is -2.39. The Hall–Kier alpha value is -4.01. The standard InChI is InChI=1S/C31H33F3N2O8S/c1-3-14-36(45(39,40)24-11-9-23(10-12-24)44-31(32,33)34)16-15-35-18-25(21-6-13-26-27(17-21)43-19-42-26)28(30(37)38)29(35)20-4-7-22(41-2)8-5-20/h4-13,17,25,28-29H,3,14-16,18-19H2,1-2H3,(H,37,38). The molecule has 0 radical (unpaired) electrons. The number of fused-ring (bicyclic) bond motifs is 1. The molecular weight excluding hydrogens is 617 g/mol. The van der Waals surface area contributed by atoms with Crippen LogP contribution in [0.5, 0.6) is 23.0 Å². The predicted molar refractivity (Wildman–Crippen MR) is 156 cm³/mol. The second kappa shape index (κ2) is 13.2. The number of hydrogen-bond donors (Lipinski definition) is 1. The van der Waals surface area contributed by atoms with Crippen LogP contribution in [0.4, 0.5) is 13.2 Å². The number of methoxy groups -OCH3 is 1. The van der Waals surface area contributed by atoms with Crippen molar-refractivity contribution in [3.05, 3.63) is 77.9 Å². The maximum absolute atomic E-state index is 13.6. The summed E-state index contributed by atoms with van der Waals surface area (Å²) < 4.78 is 86.5. The first-order valence-corrected chi connectivity index (χ1v) is 15.7. The molecule has 1 saturated heterocycles. The molecule has 14 heteroatoms. The Bertz CT molecular complexity index is 1600. The molecule has 0 bridgehead atoms. The van der Waals surface area contributed by atoms with E-state index < -0.39 is 46.0 Å². The van der Waals surface area contributed by atoms with E-state index in [-0.39, 0.29) is 31.3 Å². The van der Waals surface area contributed by atoms with Crippen LogP contribution in [0.3, 0.4) is 0 Å². The molecule has 3 aromatic rings. The summed E-state index contributed by atoms with van der Waals surface area (Å²) in [5, 5.41) is 10.5. The first-order valence-electron chi connectivity index (χ1n) is 14.3. The van der Waals surface area contributed by atoms with Crippen molar-refractivity contribution in [1.82, 2.24) is 9.21 Å². The zero-order valence-corrected chi connectivity index (χ0v) is 25.4. The molecule has 0 amide bonds. The van der Waals surface area contributed by atoms with Gasteiger partial charge in [-0.2, -0.15) is 4.31 Å². The van der Waals surface area contributed by atoms with Crippen molar-refractivity contribution >= 4 is 16.0 Å². The summed E-state index contributed by atoms with van der Waals surface area (Å²) in [6, 6.07) is 15.9. The number of likely N-dealkylation sites (tertiary alicyclic amines) is 1. The molecule has 0 spiro atoms. The number of carboxylic acid groups (broad SMARTS) is 1. The van der Waals surface area contributed by atoms with Crippen molar-refractivity contribution in [1.29, 1.82) is 0 Å². The molecule has 2 heterocycles. The van der Waals surface area contributed by atoms with Gasteiger partial charge in [0.1, 0.15) is 11.5 Å². The Kier molecular flexibility index (Phi) is 9.46. The van der Waals surface area contributed by atoms with Crippen molar-refractivity contribution < 1.29 is 50.4 Å². The van der Waals surface area contributed by atoms with Gasteiger partial charge in [-0.25, -0.2) is 8.42 Å². The number of rotatable bonds is 12. The third-order valence-corrected chi connectivity index (χ3v) is 9.88. The molecule has 3 aromatic carbocycles. The normalized spacial score (nSPS) is 20.0. The third-order valence-electron chi connectivity index (χ3n) is 7.97. The van der Waals surface area contributed by atoms with Crippen molar-refractivity contribution in [2.45, 2.75) is 36.6 Å². The van der Waals surface area contributed by atoms with Crippen molar-refractivity contribution in [3.8, 4) is 23.0 Å². The van der Waals surface area contributed by atoms with Crippen molar-refractivity contribution in [2.24, 2.45) is 5.92 Å². The number of halogens is 3. The number of alkyl halides is 3. The lowest BCUT2D eigenvalue weighted by atomic mass is 9.82. The van der Waals surface area contributed by atoms with Crippen molar-refractivity contribution in [3.63, 3.8) is 0 Å². The molecule has 5 rings (SSSR count). The zero-order valence-electron chi connectivity index (χ0n) is 24.6. The summed E-state index contributed by atoms with van der Waals surface area (Å²) in [6.07, 6.45) is -4.43. The number of carboxylic acids is 1. The van der Waals surface area contributed by atoms with E-state index in [1.165, 1.54) is 11.4 Å². The van der Waals surface area contributed by atoms with Gasteiger partial charge < -0.3 is 24.1 Å². The topological polar surface area (TPSA) is 115 Å². The molecule has 1 N–H and O–H groups in total. The van der Waals surface area contributed by atoms with Gasteiger partial charge in [-0.3, -0.25) is 9.69 Å². The largest absolute Gasteiger partial charge is 0.573 e. The van der Waals surface area contributed by atoms with E-state index in [1.54, 1.807) is 36.4 Å². The van der Waals surface area contributed by atoms with Gasteiger partial charge in [0.05, 0.1) is 17.9 Å². The van der Waals surface area contributed by atoms with E-state index in [2.05, 4.69) is 4.74 Å². The van der Waals surface area contributed by atoms with Crippen LogP contribution in [0.15, 0.2) is 71.6 Å². The minimum Gasteiger partial charge on any atom is -0.497 e. The summed E-state index contributed by atoms with van der Waals surface area (Å²) in [5.41, 5.74) is 1.49. The molecule has 45 heavy (non-hydrogen) atoms. The van der Waals surface area contributed by atoms with Gasteiger partial charge >= 0.3 is 12.3 Å². The Labute approximate surface area is 258 Å². The molecule has 3 unspecified atom stereocenters. The monoisotopic (exact) mass is 650 g/mol. The summed E-state index contributed by atoms with van der Waals surface area (Å²) in [7, 11) is -2.57.